The average molecular weight is 374 g/mol. The molecule has 2 rings (SSSR count). The second-order valence-corrected chi connectivity index (χ2v) is 6.33. The number of carbonyl (C=O) groups is 2. The molecule has 138 valence electrons. The first kappa shape index (κ1) is 19.8. The molecule has 2 N–H and O–H groups in total. The fourth-order valence-corrected chi connectivity index (χ4v) is 2.60. The van der Waals surface area contributed by atoms with E-state index in [2.05, 4.69) is 10.6 Å². The molecule has 0 aliphatic heterocycles. The van der Waals surface area contributed by atoms with Crippen molar-refractivity contribution in [2.75, 3.05) is 11.9 Å². The normalized spacial score (nSPS) is 10.3. The summed E-state index contributed by atoms with van der Waals surface area (Å²) < 4.78 is 0. The van der Waals surface area contributed by atoms with E-state index in [0.717, 1.165) is 11.1 Å². The van der Waals surface area contributed by atoms with Crippen molar-refractivity contribution in [3.63, 3.8) is 0 Å². The number of benzene rings is 2. The standard InChI is InChI=1S/C20H24ClN3O2/c1-3-19(25)24(4-2)14-16-7-11-18(12-8-16)23-20(26)22-13-15-5-9-17(21)10-6-15/h5-12H,3-4,13-14H2,1-2H3,(H2,22,23,26). The Hall–Kier alpha value is -2.53. The smallest absolute Gasteiger partial charge is 0.319 e. The summed E-state index contributed by atoms with van der Waals surface area (Å²) in [6.45, 7) is 5.51. The van der Waals surface area contributed by atoms with E-state index in [-0.39, 0.29) is 11.9 Å². The molecule has 0 saturated heterocycles. The van der Waals surface area contributed by atoms with E-state index in [1.54, 1.807) is 17.0 Å². The highest BCUT2D eigenvalue weighted by molar-refractivity contribution is 6.30. The number of nitrogens with zero attached hydrogens (tertiary/aromatic N) is 1. The molecule has 0 fully saturated rings. The van der Waals surface area contributed by atoms with Crippen LogP contribution in [-0.2, 0) is 17.9 Å². The first-order chi connectivity index (χ1) is 12.5. The van der Waals surface area contributed by atoms with Gasteiger partial charge in [0.05, 0.1) is 0 Å². The van der Waals surface area contributed by atoms with Crippen LogP contribution in [0.15, 0.2) is 48.5 Å². The maximum Gasteiger partial charge on any atom is 0.319 e. The van der Waals surface area contributed by atoms with Crippen LogP contribution in [0, 0.1) is 0 Å². The number of nitrogens with one attached hydrogen (secondary N) is 2. The van der Waals surface area contributed by atoms with Gasteiger partial charge >= 0.3 is 6.03 Å². The van der Waals surface area contributed by atoms with Crippen LogP contribution >= 0.6 is 11.6 Å². The molecule has 6 heteroatoms. The Morgan fingerprint density at radius 3 is 2.15 bits per heavy atom. The van der Waals surface area contributed by atoms with E-state index in [1.165, 1.54) is 0 Å². The lowest BCUT2D eigenvalue weighted by Gasteiger charge is -2.20. The summed E-state index contributed by atoms with van der Waals surface area (Å²) in [5, 5.41) is 6.26. The number of anilines is 1. The van der Waals surface area contributed by atoms with E-state index in [4.69, 9.17) is 11.6 Å². The zero-order chi connectivity index (χ0) is 18.9. The molecule has 0 aliphatic carbocycles. The van der Waals surface area contributed by atoms with E-state index in [0.29, 0.717) is 36.8 Å². The van der Waals surface area contributed by atoms with Gasteiger partial charge in [-0.2, -0.15) is 0 Å². The molecule has 0 spiro atoms. The quantitative estimate of drug-likeness (QED) is 0.754. The van der Waals surface area contributed by atoms with E-state index in [1.807, 2.05) is 50.2 Å². The highest BCUT2D eigenvalue weighted by atomic mass is 35.5. The predicted octanol–water partition coefficient (Wildman–Crippen LogP) is 4.42. The second-order valence-electron chi connectivity index (χ2n) is 5.89. The summed E-state index contributed by atoms with van der Waals surface area (Å²) in [6, 6.07) is 14.5. The molecule has 0 atom stereocenters. The highest BCUT2D eigenvalue weighted by Gasteiger charge is 2.10. The van der Waals surface area contributed by atoms with Crippen molar-refractivity contribution in [1.29, 1.82) is 0 Å². The van der Waals surface area contributed by atoms with Gasteiger partial charge in [-0.05, 0) is 42.3 Å². The van der Waals surface area contributed by atoms with Gasteiger partial charge < -0.3 is 15.5 Å². The minimum Gasteiger partial charge on any atom is -0.339 e. The largest absolute Gasteiger partial charge is 0.339 e. The maximum atomic E-state index is 12.0. The fraction of sp³-hybridized carbons (Fsp3) is 0.300. The molecular weight excluding hydrogens is 350 g/mol. The third-order valence-electron chi connectivity index (χ3n) is 3.99. The monoisotopic (exact) mass is 373 g/mol. The lowest BCUT2D eigenvalue weighted by Crippen LogP contribution is -2.29. The molecule has 0 radical (unpaired) electrons. The van der Waals surface area contributed by atoms with Gasteiger partial charge in [0, 0.05) is 36.8 Å². The van der Waals surface area contributed by atoms with Crippen LogP contribution in [0.1, 0.15) is 31.4 Å². The minimum atomic E-state index is -0.274. The number of halogens is 1. The summed E-state index contributed by atoms with van der Waals surface area (Å²) in [7, 11) is 0. The first-order valence-electron chi connectivity index (χ1n) is 8.67. The number of amides is 3. The Labute approximate surface area is 159 Å². The van der Waals surface area contributed by atoms with Crippen molar-refractivity contribution in [3.05, 3.63) is 64.7 Å². The van der Waals surface area contributed by atoms with Crippen LogP contribution in [-0.4, -0.2) is 23.4 Å². The summed E-state index contributed by atoms with van der Waals surface area (Å²) in [4.78, 5) is 25.6. The Morgan fingerprint density at radius 2 is 1.58 bits per heavy atom. The number of urea groups is 1. The molecule has 0 aliphatic rings. The lowest BCUT2D eigenvalue weighted by molar-refractivity contribution is -0.131. The van der Waals surface area contributed by atoms with Gasteiger partial charge in [0.15, 0.2) is 0 Å². The second kappa shape index (κ2) is 9.82. The van der Waals surface area contributed by atoms with Gasteiger partial charge in [-0.25, -0.2) is 4.79 Å². The minimum absolute atomic E-state index is 0.135. The van der Waals surface area contributed by atoms with Crippen LogP contribution in [0.25, 0.3) is 0 Å². The molecule has 0 saturated carbocycles. The van der Waals surface area contributed by atoms with Gasteiger partial charge in [0.25, 0.3) is 0 Å². The van der Waals surface area contributed by atoms with Crippen molar-refractivity contribution in [3.8, 4) is 0 Å². The van der Waals surface area contributed by atoms with Crippen LogP contribution in [0.3, 0.4) is 0 Å². The van der Waals surface area contributed by atoms with Crippen molar-refractivity contribution in [1.82, 2.24) is 10.2 Å². The van der Waals surface area contributed by atoms with Crippen molar-refractivity contribution >= 4 is 29.2 Å². The van der Waals surface area contributed by atoms with Gasteiger partial charge in [-0.3, -0.25) is 4.79 Å². The molecule has 0 unspecified atom stereocenters. The van der Waals surface area contributed by atoms with E-state index in [9.17, 15) is 9.59 Å². The lowest BCUT2D eigenvalue weighted by atomic mass is 10.2. The zero-order valence-corrected chi connectivity index (χ0v) is 15.8. The van der Waals surface area contributed by atoms with E-state index >= 15 is 0 Å². The van der Waals surface area contributed by atoms with Gasteiger partial charge in [-0.1, -0.05) is 42.8 Å². The molecule has 3 amide bonds. The summed E-state index contributed by atoms with van der Waals surface area (Å²) in [5.41, 5.74) is 2.70. The zero-order valence-electron chi connectivity index (χ0n) is 15.1. The Kier molecular flexibility index (Phi) is 7.48. The molecule has 2 aromatic carbocycles. The SMILES string of the molecule is CCC(=O)N(CC)Cc1ccc(NC(=O)NCc2ccc(Cl)cc2)cc1. The van der Waals surface area contributed by atoms with Crippen LogP contribution in [0.5, 0.6) is 0 Å². The van der Waals surface area contributed by atoms with E-state index < -0.39 is 0 Å². The Bertz CT molecular complexity index is 730. The molecule has 0 bridgehead atoms. The number of hydrogen-bond acceptors (Lipinski definition) is 2. The average Bonchev–Trinajstić information content (AvgIpc) is 2.66. The summed E-state index contributed by atoms with van der Waals surface area (Å²) in [6.07, 6.45) is 0.501. The third-order valence-corrected chi connectivity index (χ3v) is 4.24. The summed E-state index contributed by atoms with van der Waals surface area (Å²) in [5.74, 6) is 0.135. The first-order valence-corrected chi connectivity index (χ1v) is 9.05. The number of hydrogen-bond donors (Lipinski definition) is 2. The molecular formula is C20H24ClN3O2. The van der Waals surface area contributed by atoms with Crippen LogP contribution in [0.2, 0.25) is 5.02 Å². The topological polar surface area (TPSA) is 61.4 Å². The fourth-order valence-electron chi connectivity index (χ4n) is 2.47. The maximum absolute atomic E-state index is 12.0. The van der Waals surface area contributed by atoms with Gasteiger partial charge in [0.2, 0.25) is 5.91 Å². The van der Waals surface area contributed by atoms with Crippen LogP contribution < -0.4 is 10.6 Å². The molecule has 26 heavy (non-hydrogen) atoms. The van der Waals surface area contributed by atoms with Gasteiger partial charge in [-0.15, -0.1) is 0 Å². The molecule has 0 aromatic heterocycles. The Morgan fingerprint density at radius 1 is 0.962 bits per heavy atom. The molecule has 5 nitrogen and oxygen atoms in total. The number of rotatable bonds is 7. The van der Waals surface area contributed by atoms with Crippen molar-refractivity contribution in [2.24, 2.45) is 0 Å². The van der Waals surface area contributed by atoms with Crippen LogP contribution in [0.4, 0.5) is 10.5 Å². The third kappa shape index (κ3) is 6.08. The predicted molar refractivity (Wildman–Crippen MR) is 105 cm³/mol. The highest BCUT2D eigenvalue weighted by Crippen LogP contribution is 2.13. The number of carbonyl (C=O) groups excluding carboxylic acids is 2. The van der Waals surface area contributed by atoms with Crippen molar-refractivity contribution in [2.45, 2.75) is 33.4 Å². The molecule has 2 aromatic rings. The molecule has 0 heterocycles. The van der Waals surface area contributed by atoms with Gasteiger partial charge in [0.1, 0.15) is 0 Å². The summed E-state index contributed by atoms with van der Waals surface area (Å²) >= 11 is 5.84. The Balaban J connectivity index is 1.85. The van der Waals surface area contributed by atoms with Crippen molar-refractivity contribution < 1.29 is 9.59 Å².